The lowest BCUT2D eigenvalue weighted by molar-refractivity contribution is -0.106. The van der Waals surface area contributed by atoms with Gasteiger partial charge in [0.05, 0.1) is 11.2 Å². The van der Waals surface area contributed by atoms with Gasteiger partial charge in [-0.15, -0.1) is 0 Å². The molecular weight excluding hydrogens is 483 g/mol. The predicted molar refractivity (Wildman–Crippen MR) is 126 cm³/mol. The maximum atomic E-state index is 12.6. The number of Topliss-reactive ketones (excluding diaryl/α,β-unsaturated/α-hetero) is 1. The number of aryl methyl sites for hydroxylation is 1. The van der Waals surface area contributed by atoms with E-state index in [9.17, 15) is 26.4 Å². The molecule has 0 saturated heterocycles. The van der Waals surface area contributed by atoms with E-state index in [0.29, 0.717) is 40.6 Å². The molecule has 0 aliphatic rings. The minimum atomic E-state index is -4.85. The van der Waals surface area contributed by atoms with Crippen LogP contribution in [0.25, 0.3) is 11.3 Å². The van der Waals surface area contributed by atoms with Gasteiger partial charge in [0.1, 0.15) is 5.75 Å². The molecule has 0 radical (unpaired) electrons. The Hall–Kier alpha value is -3.18. The summed E-state index contributed by atoms with van der Waals surface area (Å²) in [7, 11) is -4.61. The number of benzene rings is 2. The number of alkyl halides is 3. The van der Waals surface area contributed by atoms with Crippen LogP contribution in [-0.2, 0) is 22.1 Å². The first-order valence-corrected chi connectivity index (χ1v) is 12.4. The van der Waals surface area contributed by atoms with Gasteiger partial charge in [-0.3, -0.25) is 4.79 Å². The number of halogens is 3. The monoisotopic (exact) mass is 509 g/mol. The molecule has 0 amide bonds. The van der Waals surface area contributed by atoms with Gasteiger partial charge in [-0.2, -0.15) is 18.3 Å². The molecule has 0 aliphatic heterocycles. The normalized spacial score (nSPS) is 12.5. The first kappa shape index (κ1) is 26.4. The van der Waals surface area contributed by atoms with Crippen LogP contribution in [0.5, 0.6) is 11.6 Å². The molecule has 0 unspecified atom stereocenters. The summed E-state index contributed by atoms with van der Waals surface area (Å²) in [6.45, 7) is 6.85. The summed E-state index contributed by atoms with van der Waals surface area (Å²) < 4.78 is 71.7. The summed E-state index contributed by atoms with van der Waals surface area (Å²) in [5.41, 5.74) is 0.902. The van der Waals surface area contributed by atoms with E-state index in [0.717, 1.165) is 0 Å². The molecule has 188 valence electrons. The first-order valence-electron chi connectivity index (χ1n) is 10.7. The molecule has 0 fully saturated rings. The fraction of sp³-hybridized carbons (Fsp3) is 0.333. The van der Waals surface area contributed by atoms with Gasteiger partial charge in [-0.05, 0) is 63.6 Å². The van der Waals surface area contributed by atoms with Crippen molar-refractivity contribution in [2.24, 2.45) is 0 Å². The lowest BCUT2D eigenvalue weighted by atomic mass is 9.93. The summed E-state index contributed by atoms with van der Waals surface area (Å²) >= 11 is 0. The lowest BCUT2D eigenvalue weighted by Gasteiger charge is -2.27. The van der Waals surface area contributed by atoms with E-state index in [-0.39, 0.29) is 5.78 Å². The number of hydrogen-bond donors (Lipinski definition) is 1. The Bertz CT molecular complexity index is 1310. The second-order valence-electron chi connectivity index (χ2n) is 8.55. The number of nitrogens with one attached hydrogen (secondary N) is 1. The summed E-state index contributed by atoms with van der Waals surface area (Å²) in [4.78, 5) is 11.5. The quantitative estimate of drug-likeness (QED) is 0.396. The fourth-order valence-electron chi connectivity index (χ4n) is 3.49. The summed E-state index contributed by atoms with van der Waals surface area (Å²) in [6.07, 6.45) is -4.85. The van der Waals surface area contributed by atoms with E-state index in [4.69, 9.17) is 4.74 Å². The highest BCUT2D eigenvalue weighted by Gasteiger charge is 2.38. The average molecular weight is 510 g/mol. The van der Waals surface area contributed by atoms with Gasteiger partial charge in [0.25, 0.3) is 0 Å². The predicted octanol–water partition coefficient (Wildman–Crippen LogP) is 5.28. The van der Waals surface area contributed by atoms with E-state index in [1.807, 2.05) is 6.92 Å². The molecule has 1 aromatic heterocycles. The molecule has 1 heterocycles. The van der Waals surface area contributed by atoms with Gasteiger partial charge >= 0.3 is 6.18 Å². The Labute approximate surface area is 202 Å². The van der Waals surface area contributed by atoms with Crippen molar-refractivity contribution in [1.82, 2.24) is 14.5 Å². The topological polar surface area (TPSA) is 90.3 Å². The molecule has 2 aromatic carbocycles. The van der Waals surface area contributed by atoms with Crippen LogP contribution in [0.1, 0.15) is 43.6 Å². The Morgan fingerprint density at radius 2 is 1.74 bits per heavy atom. The average Bonchev–Trinajstić information content (AvgIpc) is 3.14. The maximum Gasteiger partial charge on any atom is 0.404 e. The molecule has 35 heavy (non-hydrogen) atoms. The Morgan fingerprint density at radius 3 is 2.31 bits per heavy atom. The van der Waals surface area contributed by atoms with Gasteiger partial charge < -0.3 is 4.74 Å². The molecule has 0 aliphatic carbocycles. The van der Waals surface area contributed by atoms with Gasteiger partial charge in [-0.1, -0.05) is 18.2 Å². The Morgan fingerprint density at radius 1 is 1.09 bits per heavy atom. The zero-order valence-electron chi connectivity index (χ0n) is 19.7. The zero-order chi connectivity index (χ0) is 26.0. The molecule has 0 atom stereocenters. The highest BCUT2D eigenvalue weighted by Crippen LogP contribution is 2.31. The van der Waals surface area contributed by atoms with Crippen LogP contribution < -0.4 is 9.46 Å². The molecule has 3 rings (SSSR count). The number of carbonyl (C=O) groups is 1. The molecule has 0 bridgehead atoms. The summed E-state index contributed by atoms with van der Waals surface area (Å²) in [5.74, 6) is -1.04. The number of sulfonamides is 1. The molecule has 1 N–H and O–H groups in total. The van der Waals surface area contributed by atoms with E-state index in [1.54, 1.807) is 59.3 Å². The number of ether oxygens (including phenoxy) is 1. The van der Waals surface area contributed by atoms with Crippen LogP contribution in [0.15, 0.2) is 54.6 Å². The number of rotatable bonds is 9. The molecular formula is C24H26F3N3O4S. The molecule has 0 saturated carbocycles. The van der Waals surface area contributed by atoms with E-state index < -0.39 is 27.5 Å². The number of hydrogen-bond acceptors (Lipinski definition) is 5. The number of aromatic nitrogens is 2. The van der Waals surface area contributed by atoms with Crippen molar-refractivity contribution in [2.45, 2.75) is 46.0 Å². The molecule has 3 aromatic rings. The van der Waals surface area contributed by atoms with Gasteiger partial charge in [0, 0.05) is 23.7 Å². The van der Waals surface area contributed by atoms with Crippen LogP contribution in [-0.4, -0.2) is 35.9 Å². The fourth-order valence-corrected chi connectivity index (χ4v) is 4.89. The lowest BCUT2D eigenvalue weighted by Crippen LogP contribution is -2.44. The molecule has 7 nitrogen and oxygen atoms in total. The highest BCUT2D eigenvalue weighted by molar-refractivity contribution is 7.89. The SMILES string of the molecule is CCn1nc(-c2cccc(C(C)(C)NS(=O)(=O)CC(F)(F)F)c2)cc1Oc1ccc(C(C)=O)cc1. The van der Waals surface area contributed by atoms with Crippen molar-refractivity contribution in [1.29, 1.82) is 0 Å². The van der Waals surface area contributed by atoms with Crippen molar-refractivity contribution in [2.75, 3.05) is 5.75 Å². The van der Waals surface area contributed by atoms with Crippen molar-refractivity contribution in [3.63, 3.8) is 0 Å². The van der Waals surface area contributed by atoms with Crippen LogP contribution in [0.2, 0.25) is 0 Å². The van der Waals surface area contributed by atoms with Gasteiger partial charge in [0.15, 0.2) is 11.5 Å². The van der Waals surface area contributed by atoms with Crippen molar-refractivity contribution >= 4 is 15.8 Å². The largest absolute Gasteiger partial charge is 0.439 e. The second kappa shape index (κ2) is 9.82. The second-order valence-corrected chi connectivity index (χ2v) is 10.3. The molecule has 0 spiro atoms. The third-order valence-electron chi connectivity index (χ3n) is 5.17. The number of ketones is 1. The Kier molecular flexibility index (Phi) is 7.42. The minimum absolute atomic E-state index is 0.0547. The van der Waals surface area contributed by atoms with Crippen LogP contribution in [0.4, 0.5) is 13.2 Å². The van der Waals surface area contributed by atoms with Crippen LogP contribution in [0, 0.1) is 0 Å². The smallest absolute Gasteiger partial charge is 0.404 e. The number of nitrogens with zero attached hydrogens (tertiary/aromatic N) is 2. The van der Waals surface area contributed by atoms with Crippen LogP contribution in [0.3, 0.4) is 0 Å². The first-order chi connectivity index (χ1) is 16.2. The standard InChI is InChI=1S/C24H26F3N3O4S/c1-5-30-22(34-20-11-9-17(10-12-20)16(2)31)14-21(28-30)18-7-6-8-19(13-18)23(3,4)29-35(32,33)15-24(25,26)27/h6-14,29H,5,15H2,1-4H3. The van der Waals surface area contributed by atoms with Gasteiger partial charge in [-0.25, -0.2) is 17.8 Å². The molecule has 11 heteroatoms. The number of carbonyl (C=O) groups excluding carboxylic acids is 1. The Balaban J connectivity index is 1.87. The summed E-state index contributed by atoms with van der Waals surface area (Å²) in [6, 6.07) is 15.1. The minimum Gasteiger partial charge on any atom is -0.439 e. The highest BCUT2D eigenvalue weighted by atomic mass is 32.2. The van der Waals surface area contributed by atoms with Gasteiger partial charge in [0.2, 0.25) is 15.9 Å². The van der Waals surface area contributed by atoms with Crippen LogP contribution >= 0.6 is 0 Å². The summed E-state index contributed by atoms with van der Waals surface area (Å²) in [5, 5.41) is 4.54. The third kappa shape index (κ3) is 6.92. The van der Waals surface area contributed by atoms with E-state index in [1.165, 1.54) is 20.8 Å². The maximum absolute atomic E-state index is 12.6. The zero-order valence-corrected chi connectivity index (χ0v) is 20.5. The van der Waals surface area contributed by atoms with E-state index >= 15 is 0 Å². The third-order valence-corrected chi connectivity index (χ3v) is 6.70. The van der Waals surface area contributed by atoms with Crippen molar-refractivity contribution < 1.29 is 31.1 Å². The van der Waals surface area contributed by atoms with Crippen molar-refractivity contribution in [3.8, 4) is 22.9 Å². The van der Waals surface area contributed by atoms with Crippen molar-refractivity contribution in [3.05, 3.63) is 65.7 Å². The van der Waals surface area contributed by atoms with E-state index in [2.05, 4.69) is 9.82 Å².